The fraction of sp³-hybridized carbons (Fsp3) is 0.483. The van der Waals surface area contributed by atoms with Gasteiger partial charge in [0.05, 0.1) is 17.2 Å². The second kappa shape index (κ2) is 8.71. The summed E-state index contributed by atoms with van der Waals surface area (Å²) in [4.78, 5) is 34.8. The number of fused-ring (bicyclic) bond motifs is 1. The first kappa shape index (κ1) is 26.0. The van der Waals surface area contributed by atoms with Crippen molar-refractivity contribution in [1.29, 1.82) is 0 Å². The van der Waals surface area contributed by atoms with E-state index in [0.717, 1.165) is 19.3 Å². The summed E-state index contributed by atoms with van der Waals surface area (Å²) in [6, 6.07) is 11.5. The molecule has 8 nitrogen and oxygen atoms in total. The second-order valence-corrected chi connectivity index (χ2v) is 11.8. The molecule has 2 aliphatic rings. The molecule has 1 N–H and O–H groups in total. The van der Waals surface area contributed by atoms with E-state index in [1.54, 1.807) is 31.3 Å². The zero-order chi connectivity index (χ0) is 27.6. The summed E-state index contributed by atoms with van der Waals surface area (Å²) in [5.74, 6) is 0.0307. The lowest BCUT2D eigenvalue weighted by Gasteiger charge is -2.75. The molecule has 2 fully saturated rings. The number of carbonyl (C=O) groups is 1. The van der Waals surface area contributed by atoms with Crippen molar-refractivity contribution in [3.8, 4) is 11.4 Å². The number of halogens is 1. The molecule has 1 aromatic heterocycles. The van der Waals surface area contributed by atoms with Gasteiger partial charge >= 0.3 is 6.09 Å². The van der Waals surface area contributed by atoms with Crippen LogP contribution in [0.2, 0.25) is 0 Å². The summed E-state index contributed by atoms with van der Waals surface area (Å²) in [6.45, 7) is 10.2. The summed E-state index contributed by atoms with van der Waals surface area (Å²) in [5.41, 5.74) is -1.94. The van der Waals surface area contributed by atoms with E-state index >= 15 is 4.39 Å². The number of amides is 1. The fourth-order valence-corrected chi connectivity index (χ4v) is 7.02. The van der Waals surface area contributed by atoms with Crippen molar-refractivity contribution in [2.45, 2.75) is 65.6 Å². The summed E-state index contributed by atoms with van der Waals surface area (Å²) < 4.78 is 22.6. The quantitative estimate of drug-likeness (QED) is 0.466. The Bertz CT molecular complexity index is 1470. The lowest BCUT2D eigenvalue weighted by atomic mass is 9.47. The highest BCUT2D eigenvalue weighted by molar-refractivity contribution is 5.81. The normalized spacial score (nSPS) is 20.4. The van der Waals surface area contributed by atoms with Gasteiger partial charge in [-0.05, 0) is 51.0 Å². The zero-order valence-electron chi connectivity index (χ0n) is 22.8. The van der Waals surface area contributed by atoms with E-state index < -0.39 is 28.5 Å². The van der Waals surface area contributed by atoms with Crippen LogP contribution in [-0.2, 0) is 0 Å². The third-order valence-corrected chi connectivity index (χ3v) is 8.26. The van der Waals surface area contributed by atoms with Crippen LogP contribution in [0.25, 0.3) is 16.6 Å². The molecule has 1 saturated carbocycles. The first-order valence-electron chi connectivity index (χ1n) is 13.1. The van der Waals surface area contributed by atoms with Crippen LogP contribution in [0.4, 0.5) is 15.1 Å². The van der Waals surface area contributed by atoms with Gasteiger partial charge in [0.25, 0.3) is 5.56 Å². The van der Waals surface area contributed by atoms with Crippen LogP contribution in [0, 0.1) is 16.6 Å². The molecule has 1 spiro atoms. The molecule has 202 valence electrons. The van der Waals surface area contributed by atoms with E-state index in [4.69, 9.17) is 9.72 Å². The number of para-hydroxylation sites is 3. The Morgan fingerprint density at radius 2 is 1.84 bits per heavy atom. The van der Waals surface area contributed by atoms with Gasteiger partial charge in [0.2, 0.25) is 5.95 Å². The SMILES string of the molecule is CC(C)Oc1ccccc1-n1c(N(C)C2(C(C)(C)C)N(C(=O)O)CC23CCC3)nc2c(F)cccc2c1=O. The molecule has 1 amide bonds. The predicted molar refractivity (Wildman–Crippen MR) is 145 cm³/mol. The second-order valence-electron chi connectivity index (χ2n) is 11.8. The molecule has 1 atom stereocenters. The minimum absolute atomic E-state index is 0.0502. The number of likely N-dealkylation sites (tertiary alicyclic amines) is 1. The van der Waals surface area contributed by atoms with E-state index in [9.17, 15) is 14.7 Å². The Morgan fingerprint density at radius 3 is 2.42 bits per heavy atom. The molecular weight excluding hydrogens is 487 g/mol. The smallest absolute Gasteiger partial charge is 0.409 e. The molecule has 2 aromatic carbocycles. The number of ether oxygens (including phenoxy) is 1. The van der Waals surface area contributed by atoms with E-state index in [1.165, 1.54) is 21.6 Å². The molecule has 0 bridgehead atoms. The van der Waals surface area contributed by atoms with Crippen LogP contribution >= 0.6 is 0 Å². The zero-order valence-corrected chi connectivity index (χ0v) is 22.8. The average molecular weight is 523 g/mol. The fourth-order valence-electron chi connectivity index (χ4n) is 7.02. The maximum atomic E-state index is 15.1. The number of rotatable bonds is 5. The molecule has 1 unspecified atom stereocenters. The highest BCUT2D eigenvalue weighted by Crippen LogP contribution is 2.66. The Hall–Kier alpha value is -3.62. The Kier molecular flexibility index (Phi) is 5.96. The summed E-state index contributed by atoms with van der Waals surface area (Å²) in [7, 11) is 1.78. The van der Waals surface area contributed by atoms with Gasteiger partial charge in [0.15, 0.2) is 0 Å². The van der Waals surface area contributed by atoms with Gasteiger partial charge in [-0.15, -0.1) is 0 Å². The van der Waals surface area contributed by atoms with Crippen LogP contribution in [0.1, 0.15) is 53.9 Å². The summed E-state index contributed by atoms with van der Waals surface area (Å²) in [5, 5.41) is 10.4. The number of carboxylic acid groups (broad SMARTS) is 1. The van der Waals surface area contributed by atoms with Crippen LogP contribution in [0.3, 0.4) is 0 Å². The Labute approximate surface area is 221 Å². The molecule has 9 heteroatoms. The first-order valence-corrected chi connectivity index (χ1v) is 13.1. The molecular formula is C29H35FN4O4. The van der Waals surface area contributed by atoms with E-state index in [2.05, 4.69) is 0 Å². The highest BCUT2D eigenvalue weighted by Gasteiger charge is 2.75. The van der Waals surface area contributed by atoms with E-state index in [0.29, 0.717) is 18.0 Å². The predicted octanol–water partition coefficient (Wildman–Crippen LogP) is 5.65. The number of anilines is 1. The van der Waals surface area contributed by atoms with Crippen molar-refractivity contribution in [1.82, 2.24) is 14.5 Å². The maximum Gasteiger partial charge on any atom is 0.409 e. The van der Waals surface area contributed by atoms with E-state index in [1.807, 2.05) is 45.6 Å². The molecule has 1 saturated heterocycles. The molecule has 3 aromatic rings. The van der Waals surface area contributed by atoms with Crippen LogP contribution in [0.15, 0.2) is 47.3 Å². The van der Waals surface area contributed by atoms with Crippen molar-refractivity contribution in [3.63, 3.8) is 0 Å². The Balaban J connectivity index is 1.86. The van der Waals surface area contributed by atoms with Crippen molar-refractivity contribution < 1.29 is 19.0 Å². The minimum atomic E-state index is -1.03. The molecule has 0 radical (unpaired) electrons. The molecule has 1 aliphatic carbocycles. The van der Waals surface area contributed by atoms with Gasteiger partial charge in [-0.1, -0.05) is 45.4 Å². The van der Waals surface area contributed by atoms with Crippen LogP contribution in [-0.4, -0.2) is 51.0 Å². The number of aromatic nitrogens is 2. The van der Waals surface area contributed by atoms with Gasteiger partial charge in [-0.2, -0.15) is 0 Å². The lowest BCUT2D eigenvalue weighted by molar-refractivity contribution is -0.227. The number of hydrogen-bond acceptors (Lipinski definition) is 5. The van der Waals surface area contributed by atoms with Gasteiger partial charge in [0, 0.05) is 24.4 Å². The van der Waals surface area contributed by atoms with Gasteiger partial charge in [0.1, 0.15) is 22.7 Å². The topological polar surface area (TPSA) is 87.9 Å². The first-order chi connectivity index (χ1) is 17.9. The van der Waals surface area contributed by atoms with Gasteiger partial charge in [-0.25, -0.2) is 18.7 Å². The third-order valence-electron chi connectivity index (χ3n) is 8.26. The van der Waals surface area contributed by atoms with E-state index in [-0.39, 0.29) is 28.4 Å². The summed E-state index contributed by atoms with van der Waals surface area (Å²) >= 11 is 0. The Morgan fingerprint density at radius 1 is 1.16 bits per heavy atom. The van der Waals surface area contributed by atoms with Crippen molar-refractivity contribution in [2.24, 2.45) is 10.8 Å². The molecule has 38 heavy (non-hydrogen) atoms. The number of benzene rings is 2. The molecule has 5 rings (SSSR count). The number of nitrogens with zero attached hydrogens (tertiary/aromatic N) is 4. The average Bonchev–Trinajstić information content (AvgIpc) is 2.77. The number of hydrogen-bond donors (Lipinski definition) is 1. The maximum absolute atomic E-state index is 15.1. The van der Waals surface area contributed by atoms with Crippen LogP contribution < -0.4 is 15.2 Å². The minimum Gasteiger partial charge on any atom is -0.489 e. The van der Waals surface area contributed by atoms with Crippen LogP contribution in [0.5, 0.6) is 5.75 Å². The highest BCUT2D eigenvalue weighted by atomic mass is 19.1. The van der Waals surface area contributed by atoms with Gasteiger partial charge < -0.3 is 14.7 Å². The molecule has 1 aliphatic heterocycles. The summed E-state index contributed by atoms with van der Waals surface area (Å²) in [6.07, 6.45) is 1.52. The monoisotopic (exact) mass is 522 g/mol. The van der Waals surface area contributed by atoms with Crippen molar-refractivity contribution in [3.05, 3.63) is 58.6 Å². The lowest BCUT2D eigenvalue weighted by Crippen LogP contribution is -2.87. The standard InChI is InChI=1S/C29H35FN4O4/c1-18(2)38-22-14-8-7-13-21(22)34-24(35)19-11-9-12-20(30)23(19)31-25(34)32(6)29(27(3,4)5)28(15-10-16-28)17-33(29)26(36)37/h7-9,11-14,18H,10,15-17H2,1-6H3,(H,36,37). The van der Waals surface area contributed by atoms with Gasteiger partial charge in [-0.3, -0.25) is 9.69 Å². The molecule has 2 heterocycles. The third kappa shape index (κ3) is 3.43. The van der Waals surface area contributed by atoms with Crippen molar-refractivity contribution >= 4 is 22.9 Å². The van der Waals surface area contributed by atoms with Crippen molar-refractivity contribution in [2.75, 3.05) is 18.5 Å². The largest absolute Gasteiger partial charge is 0.489 e.